The Morgan fingerprint density at radius 1 is 1.24 bits per heavy atom. The van der Waals surface area contributed by atoms with E-state index in [4.69, 9.17) is 5.11 Å². The molecule has 0 unspecified atom stereocenters. The molecule has 0 aliphatic heterocycles. The molecule has 0 atom stereocenters. The van der Waals surface area contributed by atoms with Gasteiger partial charge in [-0.15, -0.1) is 0 Å². The molecule has 2 aromatic rings. The summed E-state index contributed by atoms with van der Waals surface area (Å²) in [4.78, 5) is 28.6. The summed E-state index contributed by atoms with van der Waals surface area (Å²) in [5.74, 6) is -1.51. The Kier molecular flexibility index (Phi) is 4.23. The molecule has 2 N–H and O–H groups in total. The van der Waals surface area contributed by atoms with Gasteiger partial charge in [0.1, 0.15) is 4.88 Å². The second-order valence-corrected chi connectivity index (χ2v) is 5.62. The van der Waals surface area contributed by atoms with Gasteiger partial charge in [0.2, 0.25) is 0 Å². The molecule has 0 radical (unpaired) electrons. The van der Waals surface area contributed by atoms with Crippen molar-refractivity contribution in [2.45, 2.75) is 6.92 Å². The number of benzene rings is 1. The first-order valence-electron chi connectivity index (χ1n) is 6.18. The van der Waals surface area contributed by atoms with Crippen LogP contribution in [0.4, 0.5) is 16.5 Å². The molecule has 1 heterocycles. The predicted molar refractivity (Wildman–Crippen MR) is 83.1 cm³/mol. The van der Waals surface area contributed by atoms with Gasteiger partial charge >= 0.3 is 5.97 Å². The SMILES string of the molecule is CC(=O)c1sc(Nc2ccc(N(C)C)cc2)nc1C(=O)O. The Balaban J connectivity index is 2.25. The van der Waals surface area contributed by atoms with E-state index in [1.54, 1.807) is 0 Å². The second-order valence-electron chi connectivity index (χ2n) is 4.62. The van der Waals surface area contributed by atoms with E-state index in [9.17, 15) is 9.59 Å². The van der Waals surface area contributed by atoms with Gasteiger partial charge in [0, 0.05) is 32.4 Å². The fourth-order valence-corrected chi connectivity index (χ4v) is 2.60. The van der Waals surface area contributed by atoms with Crippen molar-refractivity contribution in [1.29, 1.82) is 0 Å². The highest BCUT2D eigenvalue weighted by atomic mass is 32.1. The van der Waals surface area contributed by atoms with Gasteiger partial charge in [0.05, 0.1) is 0 Å². The number of hydrogen-bond donors (Lipinski definition) is 2. The van der Waals surface area contributed by atoms with E-state index in [0.717, 1.165) is 22.7 Å². The van der Waals surface area contributed by atoms with E-state index in [1.807, 2.05) is 43.3 Å². The van der Waals surface area contributed by atoms with Gasteiger partial charge in [-0.3, -0.25) is 4.79 Å². The third-order valence-corrected chi connectivity index (χ3v) is 3.86. The van der Waals surface area contributed by atoms with Gasteiger partial charge < -0.3 is 15.3 Å². The first-order valence-corrected chi connectivity index (χ1v) is 6.99. The van der Waals surface area contributed by atoms with E-state index in [2.05, 4.69) is 10.3 Å². The van der Waals surface area contributed by atoms with E-state index < -0.39 is 5.97 Å². The Hall–Kier alpha value is -2.41. The van der Waals surface area contributed by atoms with E-state index in [0.29, 0.717) is 5.13 Å². The van der Waals surface area contributed by atoms with Gasteiger partial charge in [-0.2, -0.15) is 0 Å². The topological polar surface area (TPSA) is 82.5 Å². The van der Waals surface area contributed by atoms with Crippen LogP contribution < -0.4 is 10.2 Å². The molecule has 110 valence electrons. The molecule has 21 heavy (non-hydrogen) atoms. The number of aromatic carboxylic acids is 1. The maximum Gasteiger partial charge on any atom is 0.356 e. The first-order chi connectivity index (χ1) is 9.88. The van der Waals surface area contributed by atoms with E-state index in [1.165, 1.54) is 6.92 Å². The first kappa shape index (κ1) is 15.0. The van der Waals surface area contributed by atoms with Crippen LogP contribution in [0.1, 0.15) is 27.1 Å². The van der Waals surface area contributed by atoms with Crippen LogP contribution in [0.3, 0.4) is 0 Å². The van der Waals surface area contributed by atoms with Crippen molar-refractivity contribution < 1.29 is 14.7 Å². The third-order valence-electron chi connectivity index (χ3n) is 2.78. The summed E-state index contributed by atoms with van der Waals surface area (Å²) < 4.78 is 0. The number of carboxylic acid groups (broad SMARTS) is 1. The molecule has 0 amide bonds. The van der Waals surface area contributed by atoms with Crippen LogP contribution in [0.5, 0.6) is 0 Å². The molecule has 2 rings (SSSR count). The molecule has 1 aromatic heterocycles. The monoisotopic (exact) mass is 305 g/mol. The minimum absolute atomic E-state index is 0.148. The zero-order chi connectivity index (χ0) is 15.6. The molecule has 0 bridgehead atoms. The minimum atomic E-state index is -1.20. The molecule has 0 aliphatic rings. The zero-order valence-corrected chi connectivity index (χ0v) is 12.7. The van der Waals surface area contributed by atoms with E-state index in [-0.39, 0.29) is 16.4 Å². The number of carbonyl (C=O) groups is 2. The smallest absolute Gasteiger partial charge is 0.356 e. The van der Waals surface area contributed by atoms with Gasteiger partial charge in [-0.25, -0.2) is 9.78 Å². The maximum absolute atomic E-state index is 11.4. The molecule has 0 saturated heterocycles. The van der Waals surface area contributed by atoms with Crippen molar-refractivity contribution in [2.24, 2.45) is 0 Å². The summed E-state index contributed by atoms with van der Waals surface area (Å²) >= 11 is 1.04. The number of ketones is 1. The molecule has 0 saturated carbocycles. The molecule has 6 nitrogen and oxygen atoms in total. The lowest BCUT2D eigenvalue weighted by molar-refractivity contribution is 0.0687. The van der Waals surface area contributed by atoms with Gasteiger partial charge in [-0.1, -0.05) is 11.3 Å². The lowest BCUT2D eigenvalue weighted by Crippen LogP contribution is -2.08. The predicted octanol–water partition coefficient (Wildman–Crippen LogP) is 2.85. The van der Waals surface area contributed by atoms with Crippen LogP contribution in [0.15, 0.2) is 24.3 Å². The molecule has 0 aliphatic carbocycles. The van der Waals surface area contributed by atoms with Crippen molar-refractivity contribution in [1.82, 2.24) is 4.98 Å². The standard InChI is InChI=1S/C14H15N3O3S/c1-8(18)12-11(13(19)20)16-14(21-12)15-9-4-6-10(7-5-9)17(2)3/h4-7H,1-3H3,(H,15,16)(H,19,20). The minimum Gasteiger partial charge on any atom is -0.476 e. The van der Waals surface area contributed by atoms with Gasteiger partial charge in [-0.05, 0) is 24.3 Å². The Morgan fingerprint density at radius 3 is 2.29 bits per heavy atom. The van der Waals surface area contributed by atoms with Crippen LogP contribution in [-0.2, 0) is 0 Å². The van der Waals surface area contributed by atoms with E-state index >= 15 is 0 Å². The summed E-state index contributed by atoms with van der Waals surface area (Å²) in [6.45, 7) is 1.33. The van der Waals surface area contributed by atoms with Crippen molar-refractivity contribution in [3.8, 4) is 0 Å². The number of hydrogen-bond acceptors (Lipinski definition) is 6. The maximum atomic E-state index is 11.4. The van der Waals surface area contributed by atoms with Crippen molar-refractivity contribution in [2.75, 3.05) is 24.3 Å². The fourth-order valence-electron chi connectivity index (χ4n) is 1.72. The highest BCUT2D eigenvalue weighted by molar-refractivity contribution is 7.17. The normalized spacial score (nSPS) is 10.2. The largest absolute Gasteiger partial charge is 0.476 e. The number of carbonyl (C=O) groups excluding carboxylic acids is 1. The molecule has 0 fully saturated rings. The number of nitrogens with one attached hydrogen (secondary N) is 1. The molecule has 1 aromatic carbocycles. The van der Waals surface area contributed by atoms with Crippen molar-refractivity contribution in [3.63, 3.8) is 0 Å². The number of Topliss-reactive ketones (excluding diaryl/α,β-unsaturated/α-hetero) is 1. The van der Waals surface area contributed by atoms with Crippen LogP contribution in [0.2, 0.25) is 0 Å². The number of carboxylic acids is 1. The summed E-state index contributed by atoms with van der Waals surface area (Å²) in [7, 11) is 3.89. The van der Waals surface area contributed by atoms with Gasteiger partial charge in [0.15, 0.2) is 16.6 Å². The molecule has 7 heteroatoms. The van der Waals surface area contributed by atoms with Crippen LogP contribution in [-0.4, -0.2) is 35.9 Å². The Bertz CT molecular complexity index is 646. The summed E-state index contributed by atoms with van der Waals surface area (Å²) in [6, 6.07) is 7.59. The third kappa shape index (κ3) is 3.38. The lowest BCUT2D eigenvalue weighted by Gasteiger charge is -2.12. The van der Waals surface area contributed by atoms with Crippen LogP contribution in [0.25, 0.3) is 0 Å². The average Bonchev–Trinajstić information content (AvgIpc) is 2.83. The fraction of sp³-hybridized carbons (Fsp3) is 0.214. The quantitative estimate of drug-likeness (QED) is 0.827. The Labute approximate surface area is 126 Å². The van der Waals surface area contributed by atoms with Crippen LogP contribution in [0, 0.1) is 0 Å². The van der Waals surface area contributed by atoms with Crippen molar-refractivity contribution in [3.05, 3.63) is 34.8 Å². The molecular formula is C14H15N3O3S. The Morgan fingerprint density at radius 2 is 1.86 bits per heavy atom. The molecular weight excluding hydrogens is 290 g/mol. The summed E-state index contributed by atoms with van der Waals surface area (Å²) in [6.07, 6.45) is 0. The number of aromatic nitrogens is 1. The zero-order valence-electron chi connectivity index (χ0n) is 11.9. The van der Waals surface area contributed by atoms with Crippen LogP contribution >= 0.6 is 11.3 Å². The summed E-state index contributed by atoms with van der Waals surface area (Å²) in [5, 5.41) is 12.4. The van der Waals surface area contributed by atoms with Crippen molar-refractivity contribution >= 4 is 39.6 Å². The number of nitrogens with zero attached hydrogens (tertiary/aromatic N) is 2. The number of anilines is 3. The highest BCUT2D eigenvalue weighted by Crippen LogP contribution is 2.27. The number of rotatable bonds is 5. The van der Waals surface area contributed by atoms with Gasteiger partial charge in [0.25, 0.3) is 0 Å². The number of thiazole rings is 1. The lowest BCUT2D eigenvalue weighted by atomic mass is 10.2. The highest BCUT2D eigenvalue weighted by Gasteiger charge is 2.20. The summed E-state index contributed by atoms with van der Waals surface area (Å²) in [5.41, 5.74) is 1.62. The second kappa shape index (κ2) is 5.92. The molecule has 0 spiro atoms. The average molecular weight is 305 g/mol.